The van der Waals surface area contributed by atoms with E-state index in [1.807, 2.05) is 12.1 Å². The second-order valence-corrected chi connectivity index (χ2v) is 16.3. The van der Waals surface area contributed by atoms with E-state index in [0.717, 1.165) is 78.1 Å². The number of hydrogen-bond acceptors (Lipinski definition) is 8. The molecule has 9 nitrogen and oxygen atoms in total. The highest BCUT2D eigenvalue weighted by molar-refractivity contribution is 5.68. The van der Waals surface area contributed by atoms with Crippen molar-refractivity contribution in [1.29, 1.82) is 0 Å². The summed E-state index contributed by atoms with van der Waals surface area (Å²) < 4.78 is 13.7. The van der Waals surface area contributed by atoms with E-state index in [4.69, 9.17) is 9.47 Å². The molecular weight excluding hydrogens is 582 g/mol. The number of nitrogens with zero attached hydrogens (tertiary/aromatic N) is 2. The number of piperidine rings is 2. The monoisotopic (exact) mass is 621 g/mol. The van der Waals surface area contributed by atoms with Crippen molar-refractivity contribution in [3.8, 4) is 23.0 Å². The normalized spacial score (nSPS) is 41.6. The summed E-state index contributed by atoms with van der Waals surface area (Å²) in [5.74, 6) is 2.01. The number of nitrogens with one attached hydrogen (secondary N) is 1. The molecule has 4 bridgehead atoms. The molecule has 0 amide bonds. The molecule has 5 N–H and O–H groups in total. The second-order valence-electron chi connectivity index (χ2n) is 16.3. The largest absolute Gasteiger partial charge is 0.504 e. The summed E-state index contributed by atoms with van der Waals surface area (Å²) in [7, 11) is 2.12. The molecule has 4 aliphatic heterocycles. The van der Waals surface area contributed by atoms with Crippen molar-refractivity contribution in [3.63, 3.8) is 0 Å². The Bertz CT molecular complexity index is 1950. The molecular formula is C37H39N3O6. The summed E-state index contributed by atoms with van der Waals surface area (Å²) in [6.45, 7) is 2.75. The van der Waals surface area contributed by atoms with Gasteiger partial charge < -0.3 is 39.8 Å². The van der Waals surface area contributed by atoms with Gasteiger partial charge in [0.15, 0.2) is 35.2 Å². The minimum atomic E-state index is -1.11. The van der Waals surface area contributed by atoms with Crippen LogP contribution in [0.4, 0.5) is 0 Å². The third kappa shape index (κ3) is 2.46. The molecule has 2 aromatic carbocycles. The van der Waals surface area contributed by atoms with Crippen LogP contribution in [0.3, 0.4) is 0 Å². The van der Waals surface area contributed by atoms with Gasteiger partial charge in [-0.05, 0) is 99.0 Å². The Labute approximate surface area is 266 Å². The summed E-state index contributed by atoms with van der Waals surface area (Å²) in [4.78, 5) is 8.73. The Kier molecular flexibility index (Phi) is 4.24. The average Bonchev–Trinajstić information content (AvgIpc) is 3.52. The lowest BCUT2D eigenvalue weighted by atomic mass is 9.47. The van der Waals surface area contributed by atoms with Crippen LogP contribution in [-0.2, 0) is 36.5 Å². The van der Waals surface area contributed by atoms with E-state index in [-0.39, 0.29) is 23.6 Å². The SMILES string of the molecule is CN1CC[C@]23c4c5ccc(O)c4O[C@H]2c2[nH]c4c(c2C[C@@]3(O)[C@H]1C5)C[C@@]1(O)[C@H]2Cc3ccc(O)c5c3[C@@]1(CCN2CC1CC1)[C@H]4O5. The van der Waals surface area contributed by atoms with Crippen molar-refractivity contribution in [2.75, 3.05) is 26.7 Å². The maximum atomic E-state index is 13.4. The molecule has 2 saturated heterocycles. The third-order valence-corrected chi connectivity index (χ3v) is 14.7. The summed E-state index contributed by atoms with van der Waals surface area (Å²) in [6, 6.07) is 7.42. The average molecular weight is 622 g/mol. The Morgan fingerprint density at radius 3 is 1.91 bits per heavy atom. The van der Waals surface area contributed by atoms with E-state index in [1.165, 1.54) is 18.4 Å². The van der Waals surface area contributed by atoms with E-state index in [0.29, 0.717) is 36.7 Å². The Morgan fingerprint density at radius 1 is 0.783 bits per heavy atom. The third-order valence-electron chi connectivity index (χ3n) is 14.7. The van der Waals surface area contributed by atoms with Gasteiger partial charge in [-0.2, -0.15) is 0 Å². The number of fused-ring (bicyclic) bond motifs is 5. The number of rotatable bonds is 2. The van der Waals surface area contributed by atoms with Crippen LogP contribution in [0.2, 0.25) is 0 Å². The van der Waals surface area contributed by atoms with Gasteiger partial charge in [0.25, 0.3) is 0 Å². The fraction of sp³-hybridized carbons (Fsp3) is 0.568. The van der Waals surface area contributed by atoms with Crippen LogP contribution in [0, 0.1) is 5.92 Å². The van der Waals surface area contributed by atoms with Crippen molar-refractivity contribution in [2.24, 2.45) is 5.92 Å². The Hall–Kier alpha value is -3.24. The second kappa shape index (κ2) is 7.57. The molecule has 5 heterocycles. The maximum absolute atomic E-state index is 13.4. The van der Waals surface area contributed by atoms with Crippen molar-refractivity contribution in [2.45, 2.75) is 97.7 Å². The first-order valence-electron chi connectivity index (χ1n) is 17.4. The standard InChI is InChI=1S/C37H39N3O6/c1-39-10-8-34-26-18-4-6-22(41)30(26)45-32(34)28-20(14-36(34,43)24(39)12-18)21-15-37(44)25-13-19-5-7-23(42)31-27(19)35(37,33(46-31)29(21)38-28)9-11-40(25)16-17-2-3-17/h4-7,17,24-25,32-33,38,41-44H,2-3,8-16H2,1H3/t24-,25-,32+,33+,34+,35+,36-,37-/m1/s1. The highest BCUT2D eigenvalue weighted by Gasteiger charge is 2.76. The van der Waals surface area contributed by atoms with Gasteiger partial charge >= 0.3 is 0 Å². The van der Waals surface area contributed by atoms with E-state index in [1.54, 1.807) is 12.1 Å². The van der Waals surface area contributed by atoms with E-state index >= 15 is 0 Å². The molecule has 8 atom stereocenters. The van der Waals surface area contributed by atoms with Crippen LogP contribution >= 0.6 is 0 Å². The number of phenols is 2. The summed E-state index contributed by atoms with van der Waals surface area (Å²) in [5, 5.41) is 48.8. The fourth-order valence-corrected chi connectivity index (χ4v) is 12.6. The smallest absolute Gasteiger partial charge is 0.166 e. The number of phenolic OH excluding ortho intramolecular Hbond substituents is 2. The molecule has 46 heavy (non-hydrogen) atoms. The molecule has 9 heteroatoms. The summed E-state index contributed by atoms with van der Waals surface area (Å²) in [6.07, 6.45) is 5.39. The molecule has 12 rings (SSSR count). The van der Waals surface area contributed by atoms with Crippen molar-refractivity contribution in [1.82, 2.24) is 14.8 Å². The predicted octanol–water partition coefficient (Wildman–Crippen LogP) is 3.04. The quantitative estimate of drug-likeness (QED) is 0.296. The number of ether oxygens (including phenoxy) is 2. The predicted molar refractivity (Wildman–Crippen MR) is 166 cm³/mol. The van der Waals surface area contributed by atoms with Crippen LogP contribution < -0.4 is 9.47 Å². The van der Waals surface area contributed by atoms with Gasteiger partial charge in [-0.15, -0.1) is 0 Å². The molecule has 0 unspecified atom stereocenters. The molecule has 238 valence electrons. The van der Waals surface area contributed by atoms with E-state index in [2.05, 4.69) is 21.8 Å². The summed E-state index contributed by atoms with van der Waals surface area (Å²) in [5.41, 5.74) is 4.75. The van der Waals surface area contributed by atoms with Crippen LogP contribution in [-0.4, -0.2) is 85.2 Å². The van der Waals surface area contributed by atoms with Gasteiger partial charge in [0.1, 0.15) is 0 Å². The molecule has 5 aliphatic carbocycles. The first kappa shape index (κ1) is 25.8. The lowest BCUT2D eigenvalue weighted by molar-refractivity contribution is -0.174. The van der Waals surface area contributed by atoms with Crippen LogP contribution in [0.5, 0.6) is 23.0 Å². The first-order chi connectivity index (χ1) is 22.2. The number of aliphatic hydroxyl groups is 2. The van der Waals surface area contributed by atoms with Gasteiger partial charge in [-0.3, -0.25) is 4.90 Å². The molecule has 9 aliphatic rings. The molecule has 1 aromatic heterocycles. The van der Waals surface area contributed by atoms with Gasteiger partial charge in [-0.1, -0.05) is 12.1 Å². The zero-order chi connectivity index (χ0) is 30.7. The zero-order valence-corrected chi connectivity index (χ0v) is 26.0. The van der Waals surface area contributed by atoms with E-state index < -0.39 is 34.2 Å². The number of aromatic nitrogens is 1. The number of aromatic hydroxyl groups is 2. The number of benzene rings is 2. The highest BCUT2D eigenvalue weighted by Crippen LogP contribution is 2.72. The van der Waals surface area contributed by atoms with Crippen LogP contribution in [0.15, 0.2) is 24.3 Å². The minimum Gasteiger partial charge on any atom is -0.504 e. The number of H-pyrrole nitrogens is 1. The fourth-order valence-electron chi connectivity index (χ4n) is 12.6. The van der Waals surface area contributed by atoms with Gasteiger partial charge in [-0.25, -0.2) is 0 Å². The molecule has 2 spiro atoms. The van der Waals surface area contributed by atoms with Crippen molar-refractivity contribution < 1.29 is 29.9 Å². The Balaban J connectivity index is 1.10. The van der Waals surface area contributed by atoms with Gasteiger partial charge in [0, 0.05) is 42.6 Å². The van der Waals surface area contributed by atoms with E-state index in [9.17, 15) is 20.4 Å². The summed E-state index contributed by atoms with van der Waals surface area (Å²) >= 11 is 0. The molecule has 1 saturated carbocycles. The lowest BCUT2D eigenvalue weighted by Crippen LogP contribution is -2.75. The number of likely N-dealkylation sites (tertiary alicyclic amines) is 2. The van der Waals surface area contributed by atoms with Crippen LogP contribution in [0.25, 0.3) is 0 Å². The molecule has 3 fully saturated rings. The van der Waals surface area contributed by atoms with Crippen molar-refractivity contribution >= 4 is 0 Å². The maximum Gasteiger partial charge on any atom is 0.166 e. The van der Waals surface area contributed by atoms with Crippen molar-refractivity contribution in [3.05, 3.63) is 69.0 Å². The number of aromatic amines is 1. The topological polar surface area (TPSA) is 122 Å². The van der Waals surface area contributed by atoms with Crippen LogP contribution in [0.1, 0.15) is 82.7 Å². The van der Waals surface area contributed by atoms with Gasteiger partial charge in [0.2, 0.25) is 0 Å². The highest BCUT2D eigenvalue weighted by atomic mass is 16.5. The first-order valence-corrected chi connectivity index (χ1v) is 17.4. The molecule has 0 radical (unpaired) electrons. The Morgan fingerprint density at radius 2 is 1.33 bits per heavy atom. The zero-order valence-electron chi connectivity index (χ0n) is 26.0. The minimum absolute atomic E-state index is 0.0562. The molecule has 3 aromatic rings. The van der Waals surface area contributed by atoms with Gasteiger partial charge in [0.05, 0.1) is 33.4 Å². The lowest BCUT2D eigenvalue weighted by Gasteiger charge is -2.63. The number of hydrogen-bond donors (Lipinski definition) is 5. The number of likely N-dealkylation sites (N-methyl/N-ethyl adjacent to an activating group) is 1.